The van der Waals surface area contributed by atoms with Gasteiger partial charge in [-0.2, -0.15) is 13.2 Å². The second-order valence-corrected chi connectivity index (χ2v) is 4.05. The number of hydrogen-bond acceptors (Lipinski definition) is 3. The van der Waals surface area contributed by atoms with Gasteiger partial charge in [0.1, 0.15) is 11.8 Å². The third-order valence-corrected chi connectivity index (χ3v) is 2.82. The predicted octanol–water partition coefficient (Wildman–Crippen LogP) is 2.42. The average Bonchev–Trinajstić information content (AvgIpc) is 2.27. The lowest BCUT2D eigenvalue weighted by molar-refractivity contribution is -0.146. The third-order valence-electron chi connectivity index (χ3n) is 2.82. The molecule has 102 valence electrons. The molecule has 0 radical (unpaired) electrons. The summed E-state index contributed by atoms with van der Waals surface area (Å²) in [5, 5.41) is 9.40. The molecule has 1 unspecified atom stereocenters. The van der Waals surface area contributed by atoms with Crippen LogP contribution in [0.2, 0.25) is 0 Å². The van der Waals surface area contributed by atoms with Gasteiger partial charge in [-0.15, -0.1) is 0 Å². The summed E-state index contributed by atoms with van der Waals surface area (Å²) in [6.07, 6.45) is -4.40. The minimum Gasteiger partial charge on any atom is -0.508 e. The number of aryl methyl sites for hydroxylation is 1. The van der Waals surface area contributed by atoms with E-state index in [9.17, 15) is 18.3 Å². The van der Waals surface area contributed by atoms with Crippen LogP contribution in [0.4, 0.5) is 18.9 Å². The monoisotopic (exact) mass is 262 g/mol. The minimum absolute atomic E-state index is 0.0630. The van der Waals surface area contributed by atoms with Crippen molar-refractivity contribution in [2.24, 2.45) is 5.73 Å². The van der Waals surface area contributed by atoms with Gasteiger partial charge in [0.2, 0.25) is 0 Å². The van der Waals surface area contributed by atoms with Crippen molar-refractivity contribution in [1.29, 1.82) is 0 Å². The summed E-state index contributed by atoms with van der Waals surface area (Å²) in [5.74, 6) is -0.0630. The maximum Gasteiger partial charge on any atom is 0.409 e. The number of nitrogens with two attached hydrogens (primary N) is 1. The average molecular weight is 262 g/mol. The van der Waals surface area contributed by atoms with E-state index in [2.05, 4.69) is 0 Å². The van der Waals surface area contributed by atoms with Gasteiger partial charge in [-0.05, 0) is 25.5 Å². The van der Waals surface area contributed by atoms with Crippen molar-refractivity contribution in [2.45, 2.75) is 26.1 Å². The van der Waals surface area contributed by atoms with Crippen molar-refractivity contribution in [3.05, 3.63) is 23.8 Å². The molecule has 18 heavy (non-hydrogen) atoms. The summed E-state index contributed by atoms with van der Waals surface area (Å²) in [5.41, 5.74) is 6.25. The summed E-state index contributed by atoms with van der Waals surface area (Å²) in [4.78, 5) is 1.16. The molecule has 1 rings (SSSR count). The van der Waals surface area contributed by atoms with Crippen molar-refractivity contribution < 1.29 is 18.3 Å². The Labute approximate surface area is 104 Å². The molecule has 0 fully saturated rings. The molecule has 1 atom stereocenters. The fraction of sp³-hybridized carbons (Fsp3) is 0.500. The molecule has 0 aliphatic heterocycles. The van der Waals surface area contributed by atoms with E-state index in [-0.39, 0.29) is 12.3 Å². The highest BCUT2D eigenvalue weighted by molar-refractivity contribution is 5.57. The largest absolute Gasteiger partial charge is 0.508 e. The number of likely N-dealkylation sites (N-methyl/N-ethyl adjacent to an activating group) is 1. The molecule has 0 saturated carbocycles. The van der Waals surface area contributed by atoms with Crippen LogP contribution in [0, 0.1) is 6.92 Å². The van der Waals surface area contributed by atoms with Crippen LogP contribution < -0.4 is 10.6 Å². The molecule has 0 aromatic heterocycles. The number of hydrogen-bond donors (Lipinski definition) is 2. The molecular formula is C12H17F3N2O. The number of nitrogens with zero attached hydrogens (tertiary/aromatic N) is 1. The Hall–Kier alpha value is -1.43. The van der Waals surface area contributed by atoms with Gasteiger partial charge < -0.3 is 15.7 Å². The normalized spacial score (nSPS) is 13.4. The van der Waals surface area contributed by atoms with Gasteiger partial charge >= 0.3 is 6.18 Å². The number of phenolic OH excluding ortho intramolecular Hbond substituents is 1. The Morgan fingerprint density at radius 2 is 2.00 bits per heavy atom. The van der Waals surface area contributed by atoms with Crippen LogP contribution in [0.1, 0.15) is 12.5 Å². The van der Waals surface area contributed by atoms with Crippen LogP contribution in [0.3, 0.4) is 0 Å². The first-order valence-corrected chi connectivity index (χ1v) is 5.64. The van der Waals surface area contributed by atoms with Gasteiger partial charge in [-0.25, -0.2) is 0 Å². The number of benzene rings is 1. The highest BCUT2D eigenvalue weighted by Gasteiger charge is 2.42. The molecule has 6 heteroatoms. The Kier molecular flexibility index (Phi) is 4.45. The van der Waals surface area contributed by atoms with Crippen LogP contribution in [0.15, 0.2) is 18.2 Å². The van der Waals surface area contributed by atoms with E-state index in [1.807, 2.05) is 0 Å². The molecule has 0 aliphatic rings. The van der Waals surface area contributed by atoms with Crippen molar-refractivity contribution in [3.8, 4) is 5.75 Å². The zero-order valence-electron chi connectivity index (χ0n) is 10.3. The second-order valence-electron chi connectivity index (χ2n) is 4.05. The molecule has 1 aromatic rings. The molecule has 0 bridgehead atoms. The lowest BCUT2D eigenvalue weighted by atomic mass is 10.1. The zero-order chi connectivity index (χ0) is 13.9. The zero-order valence-corrected chi connectivity index (χ0v) is 10.3. The van der Waals surface area contributed by atoms with Gasteiger partial charge in [0.15, 0.2) is 0 Å². The Morgan fingerprint density at radius 3 is 2.44 bits per heavy atom. The van der Waals surface area contributed by atoms with Crippen LogP contribution in [-0.4, -0.2) is 30.4 Å². The Balaban J connectivity index is 3.19. The molecule has 3 N–H and O–H groups in total. The van der Waals surface area contributed by atoms with Crippen LogP contribution in [0.25, 0.3) is 0 Å². The number of anilines is 1. The second kappa shape index (κ2) is 5.48. The maximum absolute atomic E-state index is 12.9. The first-order valence-electron chi connectivity index (χ1n) is 5.64. The smallest absolute Gasteiger partial charge is 0.409 e. The standard InChI is InChI=1S/C12H17F3N2O/c1-3-17(11(7-16)12(13,14)15)10-6-9(18)5-4-8(10)2/h4-6,11,18H,3,7,16H2,1-2H3. The number of rotatable bonds is 4. The predicted molar refractivity (Wildman–Crippen MR) is 64.8 cm³/mol. The lowest BCUT2D eigenvalue weighted by Crippen LogP contribution is -2.50. The molecule has 1 aromatic carbocycles. The fourth-order valence-electron chi connectivity index (χ4n) is 1.90. The third kappa shape index (κ3) is 3.07. The van der Waals surface area contributed by atoms with Gasteiger partial charge in [0.05, 0.1) is 0 Å². The lowest BCUT2D eigenvalue weighted by Gasteiger charge is -2.34. The van der Waals surface area contributed by atoms with E-state index in [1.165, 1.54) is 12.1 Å². The SMILES string of the molecule is CCN(c1cc(O)ccc1C)C(CN)C(F)(F)F. The number of aromatic hydroxyl groups is 1. The summed E-state index contributed by atoms with van der Waals surface area (Å²) in [7, 11) is 0. The Bertz CT molecular complexity index is 407. The summed E-state index contributed by atoms with van der Waals surface area (Å²) < 4.78 is 38.7. The molecule has 0 amide bonds. The van der Waals surface area contributed by atoms with Crippen molar-refractivity contribution in [2.75, 3.05) is 18.0 Å². The van der Waals surface area contributed by atoms with Crippen molar-refractivity contribution in [3.63, 3.8) is 0 Å². The fourth-order valence-corrected chi connectivity index (χ4v) is 1.90. The van der Waals surface area contributed by atoms with Gasteiger partial charge in [-0.3, -0.25) is 0 Å². The molecule has 0 aliphatic carbocycles. The first kappa shape index (κ1) is 14.6. The minimum atomic E-state index is -4.40. The van der Waals surface area contributed by atoms with Gasteiger partial charge in [-0.1, -0.05) is 6.07 Å². The number of alkyl halides is 3. The van der Waals surface area contributed by atoms with E-state index in [0.717, 1.165) is 4.90 Å². The molecule has 3 nitrogen and oxygen atoms in total. The highest BCUT2D eigenvalue weighted by atomic mass is 19.4. The molecule has 0 saturated heterocycles. The van der Waals surface area contributed by atoms with Gasteiger partial charge in [0, 0.05) is 24.8 Å². The van der Waals surface area contributed by atoms with Crippen LogP contribution in [0.5, 0.6) is 5.75 Å². The maximum atomic E-state index is 12.9. The quantitative estimate of drug-likeness (QED) is 0.876. The summed E-state index contributed by atoms with van der Waals surface area (Å²) >= 11 is 0. The van der Waals surface area contributed by atoms with Gasteiger partial charge in [0.25, 0.3) is 0 Å². The number of halogens is 3. The Morgan fingerprint density at radius 1 is 1.39 bits per heavy atom. The van der Waals surface area contributed by atoms with E-state index >= 15 is 0 Å². The molecule has 0 spiro atoms. The van der Waals surface area contributed by atoms with E-state index in [4.69, 9.17) is 5.73 Å². The highest BCUT2D eigenvalue weighted by Crippen LogP contribution is 2.32. The number of phenols is 1. The first-order chi connectivity index (χ1) is 8.31. The van der Waals surface area contributed by atoms with E-state index in [0.29, 0.717) is 11.3 Å². The van der Waals surface area contributed by atoms with Crippen molar-refractivity contribution >= 4 is 5.69 Å². The van der Waals surface area contributed by atoms with Crippen LogP contribution >= 0.6 is 0 Å². The summed E-state index contributed by atoms with van der Waals surface area (Å²) in [6, 6.07) is 2.60. The molecule has 0 heterocycles. The van der Waals surface area contributed by atoms with E-state index < -0.39 is 18.8 Å². The summed E-state index contributed by atoms with van der Waals surface area (Å²) in [6.45, 7) is 2.96. The topological polar surface area (TPSA) is 49.5 Å². The van der Waals surface area contributed by atoms with Crippen molar-refractivity contribution in [1.82, 2.24) is 0 Å². The van der Waals surface area contributed by atoms with E-state index in [1.54, 1.807) is 19.9 Å². The van der Waals surface area contributed by atoms with Crippen LogP contribution in [-0.2, 0) is 0 Å². The molecular weight excluding hydrogens is 245 g/mol.